The van der Waals surface area contributed by atoms with Gasteiger partial charge in [-0.3, -0.25) is 0 Å². The van der Waals surface area contributed by atoms with E-state index in [-0.39, 0.29) is 24.1 Å². The molecule has 0 radical (unpaired) electrons. The van der Waals surface area contributed by atoms with Gasteiger partial charge in [0.05, 0.1) is 24.9 Å². The van der Waals surface area contributed by atoms with Crippen LogP contribution < -0.4 is 5.73 Å². The maximum absolute atomic E-state index is 14.0. The van der Waals surface area contributed by atoms with Crippen LogP contribution >= 0.6 is 0 Å². The second-order valence-corrected chi connectivity index (χ2v) is 4.06. The fourth-order valence-corrected chi connectivity index (χ4v) is 1.79. The fraction of sp³-hybridized carbons (Fsp3) is 0.417. The third-order valence-electron chi connectivity index (χ3n) is 2.82. The van der Waals surface area contributed by atoms with Crippen LogP contribution in [0.3, 0.4) is 0 Å². The molecule has 1 saturated heterocycles. The van der Waals surface area contributed by atoms with Crippen molar-refractivity contribution >= 4 is 5.84 Å². The minimum absolute atomic E-state index is 0.0110. The Morgan fingerprint density at radius 2 is 2.44 bits per heavy atom. The summed E-state index contributed by atoms with van der Waals surface area (Å²) in [6, 6.07) is 4.70. The second-order valence-electron chi connectivity index (χ2n) is 4.06. The summed E-state index contributed by atoms with van der Waals surface area (Å²) in [5.41, 5.74) is 5.83. The number of hydrogen-bond donors (Lipinski definition) is 2. The van der Waals surface area contributed by atoms with E-state index in [1.165, 1.54) is 6.07 Å². The van der Waals surface area contributed by atoms with Gasteiger partial charge in [-0.2, -0.15) is 0 Å². The number of ether oxygens (including phenoxy) is 2. The third-order valence-corrected chi connectivity index (χ3v) is 2.82. The van der Waals surface area contributed by atoms with Gasteiger partial charge in [0.25, 0.3) is 0 Å². The standard InChI is InChI=1S/C12H15FN2O3/c13-11-8(6-18-9-4-5-17-7-9)2-1-3-10(11)12(14)15-16/h1-3,9,16H,4-7H2,(H2,14,15). The van der Waals surface area contributed by atoms with Crippen LogP contribution in [0.15, 0.2) is 23.4 Å². The summed E-state index contributed by atoms with van der Waals surface area (Å²) in [5, 5.41) is 11.3. The molecule has 0 aromatic heterocycles. The lowest BCUT2D eigenvalue weighted by Gasteiger charge is -2.11. The normalized spacial score (nSPS) is 20.3. The quantitative estimate of drug-likeness (QED) is 0.366. The first-order chi connectivity index (χ1) is 8.72. The molecule has 1 fully saturated rings. The molecule has 1 aromatic rings. The number of oxime groups is 1. The van der Waals surface area contributed by atoms with Crippen molar-refractivity contribution in [2.45, 2.75) is 19.1 Å². The largest absolute Gasteiger partial charge is 0.409 e. The summed E-state index contributed by atoms with van der Waals surface area (Å²) in [6.45, 7) is 1.37. The Labute approximate surface area is 104 Å². The minimum atomic E-state index is -0.522. The molecule has 1 heterocycles. The van der Waals surface area contributed by atoms with Crippen LogP contribution in [-0.4, -0.2) is 30.4 Å². The Morgan fingerprint density at radius 3 is 3.11 bits per heavy atom. The SMILES string of the molecule is N/C(=N/O)c1cccc(COC2CCOC2)c1F. The summed E-state index contributed by atoms with van der Waals surface area (Å²) >= 11 is 0. The number of hydrogen-bond acceptors (Lipinski definition) is 4. The Kier molecular flexibility index (Phi) is 4.11. The molecule has 1 aliphatic heterocycles. The highest BCUT2D eigenvalue weighted by Crippen LogP contribution is 2.16. The van der Waals surface area contributed by atoms with Crippen molar-refractivity contribution in [3.63, 3.8) is 0 Å². The monoisotopic (exact) mass is 254 g/mol. The zero-order chi connectivity index (χ0) is 13.0. The number of rotatable bonds is 4. The van der Waals surface area contributed by atoms with Crippen LogP contribution in [0.2, 0.25) is 0 Å². The maximum atomic E-state index is 14.0. The third kappa shape index (κ3) is 2.77. The molecule has 5 nitrogen and oxygen atoms in total. The number of benzene rings is 1. The maximum Gasteiger partial charge on any atom is 0.173 e. The van der Waals surface area contributed by atoms with Crippen molar-refractivity contribution < 1.29 is 19.1 Å². The molecule has 1 atom stereocenters. The Hall–Kier alpha value is -1.66. The molecular formula is C12H15FN2O3. The van der Waals surface area contributed by atoms with Crippen LogP contribution in [0.25, 0.3) is 0 Å². The van der Waals surface area contributed by atoms with E-state index in [4.69, 9.17) is 20.4 Å². The van der Waals surface area contributed by atoms with Crippen LogP contribution in [0.4, 0.5) is 4.39 Å². The average molecular weight is 254 g/mol. The highest BCUT2D eigenvalue weighted by molar-refractivity contribution is 5.97. The highest BCUT2D eigenvalue weighted by atomic mass is 19.1. The highest BCUT2D eigenvalue weighted by Gasteiger charge is 2.18. The lowest BCUT2D eigenvalue weighted by Crippen LogP contribution is -2.17. The van der Waals surface area contributed by atoms with Crippen molar-refractivity contribution in [1.29, 1.82) is 0 Å². The van der Waals surface area contributed by atoms with Gasteiger partial charge in [-0.25, -0.2) is 4.39 Å². The van der Waals surface area contributed by atoms with Crippen molar-refractivity contribution in [3.8, 4) is 0 Å². The van der Waals surface area contributed by atoms with E-state index >= 15 is 0 Å². The van der Waals surface area contributed by atoms with Crippen molar-refractivity contribution in [1.82, 2.24) is 0 Å². The van der Waals surface area contributed by atoms with Gasteiger partial charge in [-0.1, -0.05) is 17.3 Å². The van der Waals surface area contributed by atoms with E-state index < -0.39 is 5.82 Å². The topological polar surface area (TPSA) is 77.1 Å². The molecule has 18 heavy (non-hydrogen) atoms. The summed E-state index contributed by atoms with van der Waals surface area (Å²) in [6.07, 6.45) is 0.832. The van der Waals surface area contributed by atoms with Gasteiger partial charge < -0.3 is 20.4 Å². The number of halogens is 1. The second kappa shape index (κ2) is 5.79. The van der Waals surface area contributed by atoms with E-state index in [2.05, 4.69) is 5.16 Å². The van der Waals surface area contributed by atoms with Crippen molar-refractivity contribution in [3.05, 3.63) is 35.1 Å². The fourth-order valence-electron chi connectivity index (χ4n) is 1.79. The first-order valence-corrected chi connectivity index (χ1v) is 5.67. The zero-order valence-corrected chi connectivity index (χ0v) is 9.80. The van der Waals surface area contributed by atoms with Gasteiger partial charge in [-0.05, 0) is 12.5 Å². The molecular weight excluding hydrogens is 239 g/mol. The molecule has 0 amide bonds. The zero-order valence-electron chi connectivity index (χ0n) is 9.80. The number of nitrogens with two attached hydrogens (primary N) is 1. The van der Waals surface area contributed by atoms with Crippen LogP contribution in [0.5, 0.6) is 0 Å². The Bertz CT molecular complexity index is 445. The van der Waals surface area contributed by atoms with E-state index in [0.717, 1.165) is 6.42 Å². The molecule has 1 aliphatic rings. The molecule has 98 valence electrons. The van der Waals surface area contributed by atoms with Gasteiger partial charge in [0.2, 0.25) is 0 Å². The van der Waals surface area contributed by atoms with Gasteiger partial charge in [0.15, 0.2) is 5.84 Å². The molecule has 0 bridgehead atoms. The number of nitrogens with zero attached hydrogens (tertiary/aromatic N) is 1. The molecule has 0 saturated carbocycles. The summed E-state index contributed by atoms with van der Waals surface area (Å²) < 4.78 is 24.7. The molecule has 3 N–H and O–H groups in total. The number of amidine groups is 1. The smallest absolute Gasteiger partial charge is 0.173 e. The molecule has 1 unspecified atom stereocenters. The lowest BCUT2D eigenvalue weighted by atomic mass is 10.1. The summed E-state index contributed by atoms with van der Waals surface area (Å²) in [7, 11) is 0. The summed E-state index contributed by atoms with van der Waals surface area (Å²) in [5.74, 6) is -0.773. The molecule has 1 aromatic carbocycles. The molecule has 0 spiro atoms. The van der Waals surface area contributed by atoms with E-state index in [0.29, 0.717) is 18.8 Å². The molecule has 6 heteroatoms. The van der Waals surface area contributed by atoms with Gasteiger partial charge >= 0.3 is 0 Å². The van der Waals surface area contributed by atoms with Gasteiger partial charge in [0.1, 0.15) is 5.82 Å². The van der Waals surface area contributed by atoms with E-state index in [1.54, 1.807) is 12.1 Å². The molecule has 2 rings (SSSR count). The first-order valence-electron chi connectivity index (χ1n) is 5.67. The van der Waals surface area contributed by atoms with Crippen LogP contribution in [0.1, 0.15) is 17.5 Å². The van der Waals surface area contributed by atoms with Gasteiger partial charge in [-0.15, -0.1) is 0 Å². The van der Waals surface area contributed by atoms with Gasteiger partial charge in [0, 0.05) is 12.2 Å². The predicted molar refractivity (Wildman–Crippen MR) is 62.9 cm³/mol. The first kappa shape index (κ1) is 12.8. The van der Waals surface area contributed by atoms with E-state index in [9.17, 15) is 4.39 Å². The Morgan fingerprint density at radius 1 is 1.61 bits per heavy atom. The van der Waals surface area contributed by atoms with Crippen LogP contribution in [-0.2, 0) is 16.1 Å². The van der Waals surface area contributed by atoms with Crippen molar-refractivity contribution in [2.75, 3.05) is 13.2 Å². The summed E-state index contributed by atoms with van der Waals surface area (Å²) in [4.78, 5) is 0. The molecule has 0 aliphatic carbocycles. The Balaban J connectivity index is 2.08. The minimum Gasteiger partial charge on any atom is -0.409 e. The van der Waals surface area contributed by atoms with Crippen LogP contribution in [0, 0.1) is 5.82 Å². The van der Waals surface area contributed by atoms with Crippen molar-refractivity contribution in [2.24, 2.45) is 10.9 Å². The predicted octanol–water partition coefficient (Wildman–Crippen LogP) is 1.23. The van der Waals surface area contributed by atoms with E-state index in [1.807, 2.05) is 0 Å². The lowest BCUT2D eigenvalue weighted by molar-refractivity contribution is 0.0304. The average Bonchev–Trinajstić information content (AvgIpc) is 2.90.